The SMILES string of the molecule is CC(C)(C)OC(=O)CCCCc1cc2cc(C(F)(F)F)ccc2[nH]1. The molecule has 0 amide bonds. The van der Waals surface area contributed by atoms with Gasteiger partial charge in [-0.3, -0.25) is 4.79 Å². The van der Waals surface area contributed by atoms with Crippen molar-refractivity contribution in [2.24, 2.45) is 0 Å². The Morgan fingerprint density at radius 2 is 1.83 bits per heavy atom. The summed E-state index contributed by atoms with van der Waals surface area (Å²) in [5.74, 6) is -0.228. The summed E-state index contributed by atoms with van der Waals surface area (Å²) in [5.41, 5.74) is 0.425. The van der Waals surface area contributed by atoms with Gasteiger partial charge in [-0.25, -0.2) is 0 Å². The number of carbonyl (C=O) groups is 1. The molecule has 6 heteroatoms. The smallest absolute Gasteiger partial charge is 0.416 e. The lowest BCUT2D eigenvalue weighted by molar-refractivity contribution is -0.154. The number of unbranched alkanes of at least 4 members (excludes halogenated alkanes) is 1. The predicted molar refractivity (Wildman–Crippen MR) is 86.7 cm³/mol. The van der Waals surface area contributed by atoms with Gasteiger partial charge >= 0.3 is 12.1 Å². The molecule has 0 aliphatic rings. The Labute approximate surface area is 139 Å². The number of benzene rings is 1. The Kier molecular flexibility index (Phi) is 5.26. The molecule has 0 radical (unpaired) electrons. The van der Waals surface area contributed by atoms with Gasteiger partial charge in [0.25, 0.3) is 0 Å². The Balaban J connectivity index is 1.88. The fraction of sp³-hybridized carbons (Fsp3) is 0.500. The van der Waals surface area contributed by atoms with Crippen molar-refractivity contribution in [3.63, 3.8) is 0 Å². The first-order valence-electron chi connectivity index (χ1n) is 7.95. The van der Waals surface area contributed by atoms with Crippen molar-refractivity contribution in [3.05, 3.63) is 35.5 Å². The number of ether oxygens (including phenoxy) is 1. The van der Waals surface area contributed by atoms with E-state index in [4.69, 9.17) is 4.74 Å². The van der Waals surface area contributed by atoms with Gasteiger partial charge in [-0.1, -0.05) is 0 Å². The van der Waals surface area contributed by atoms with Gasteiger partial charge in [0.1, 0.15) is 5.60 Å². The standard InChI is InChI=1S/C18H22F3NO2/c1-17(2,3)24-16(23)7-5-4-6-14-11-12-10-13(18(19,20)21)8-9-15(12)22-14/h8-11,22H,4-7H2,1-3H3. The number of esters is 1. The second kappa shape index (κ2) is 6.87. The molecular weight excluding hydrogens is 319 g/mol. The summed E-state index contributed by atoms with van der Waals surface area (Å²) in [4.78, 5) is 14.7. The average Bonchev–Trinajstić information content (AvgIpc) is 2.82. The number of fused-ring (bicyclic) bond motifs is 1. The highest BCUT2D eigenvalue weighted by molar-refractivity contribution is 5.81. The van der Waals surface area contributed by atoms with E-state index in [1.807, 2.05) is 20.8 Å². The molecule has 24 heavy (non-hydrogen) atoms. The number of H-pyrrole nitrogens is 1. The molecule has 0 spiro atoms. The van der Waals surface area contributed by atoms with Crippen molar-refractivity contribution in [1.29, 1.82) is 0 Å². The number of hydrogen-bond donors (Lipinski definition) is 1. The molecule has 1 aromatic carbocycles. The van der Waals surface area contributed by atoms with Gasteiger partial charge in [0.15, 0.2) is 0 Å². The maximum absolute atomic E-state index is 12.7. The molecule has 1 aromatic heterocycles. The first-order chi connectivity index (χ1) is 11.0. The van der Waals surface area contributed by atoms with Crippen molar-refractivity contribution in [1.82, 2.24) is 4.98 Å². The van der Waals surface area contributed by atoms with Crippen LogP contribution in [0.5, 0.6) is 0 Å². The fourth-order valence-electron chi connectivity index (χ4n) is 2.48. The lowest BCUT2D eigenvalue weighted by atomic mass is 10.1. The maximum Gasteiger partial charge on any atom is 0.416 e. The third-order valence-electron chi connectivity index (χ3n) is 3.50. The highest BCUT2D eigenvalue weighted by atomic mass is 19.4. The molecule has 0 saturated heterocycles. The minimum atomic E-state index is -4.33. The highest BCUT2D eigenvalue weighted by Gasteiger charge is 2.30. The molecule has 1 N–H and O–H groups in total. The van der Waals surface area contributed by atoms with Crippen molar-refractivity contribution >= 4 is 16.9 Å². The molecule has 0 aliphatic carbocycles. The summed E-state index contributed by atoms with van der Waals surface area (Å²) in [6, 6.07) is 5.40. The van der Waals surface area contributed by atoms with E-state index in [0.29, 0.717) is 30.2 Å². The van der Waals surface area contributed by atoms with Crippen LogP contribution >= 0.6 is 0 Å². The Morgan fingerprint density at radius 1 is 1.12 bits per heavy atom. The third-order valence-corrected chi connectivity index (χ3v) is 3.50. The van der Waals surface area contributed by atoms with Crippen LogP contribution in [0.3, 0.4) is 0 Å². The molecule has 0 fully saturated rings. The van der Waals surface area contributed by atoms with Gasteiger partial charge in [-0.05, 0) is 64.3 Å². The summed E-state index contributed by atoms with van der Waals surface area (Å²) in [6.07, 6.45) is -1.87. The van der Waals surface area contributed by atoms with E-state index in [-0.39, 0.29) is 5.97 Å². The van der Waals surface area contributed by atoms with E-state index < -0.39 is 17.3 Å². The maximum atomic E-state index is 12.7. The van der Waals surface area contributed by atoms with E-state index in [2.05, 4.69) is 4.98 Å². The lowest BCUT2D eigenvalue weighted by Crippen LogP contribution is -2.23. The highest BCUT2D eigenvalue weighted by Crippen LogP contribution is 2.31. The molecule has 0 unspecified atom stereocenters. The van der Waals surface area contributed by atoms with Crippen LogP contribution in [0.25, 0.3) is 10.9 Å². The van der Waals surface area contributed by atoms with Crippen LogP contribution in [0.1, 0.15) is 51.3 Å². The number of rotatable bonds is 5. The van der Waals surface area contributed by atoms with Gasteiger partial charge in [-0.15, -0.1) is 0 Å². The van der Waals surface area contributed by atoms with Crippen LogP contribution < -0.4 is 0 Å². The zero-order valence-corrected chi connectivity index (χ0v) is 14.1. The number of alkyl halides is 3. The molecule has 1 heterocycles. The molecular formula is C18H22F3NO2. The summed E-state index contributed by atoms with van der Waals surface area (Å²) >= 11 is 0. The first kappa shape index (κ1) is 18.4. The van der Waals surface area contributed by atoms with Crippen molar-refractivity contribution in [2.45, 2.75) is 58.2 Å². The molecule has 132 valence electrons. The Bertz CT molecular complexity index is 711. The quantitative estimate of drug-likeness (QED) is 0.597. The number of halogens is 3. The largest absolute Gasteiger partial charge is 0.460 e. The first-order valence-corrected chi connectivity index (χ1v) is 7.95. The van der Waals surface area contributed by atoms with Gasteiger partial charge < -0.3 is 9.72 Å². The average molecular weight is 341 g/mol. The molecule has 0 bridgehead atoms. The molecule has 3 nitrogen and oxygen atoms in total. The number of aromatic amines is 1. The lowest BCUT2D eigenvalue weighted by Gasteiger charge is -2.19. The summed E-state index contributed by atoms with van der Waals surface area (Å²) < 4.78 is 43.4. The molecule has 2 rings (SSSR count). The molecule has 2 aromatic rings. The second-order valence-corrected chi connectivity index (χ2v) is 6.89. The van der Waals surface area contributed by atoms with E-state index in [0.717, 1.165) is 24.2 Å². The van der Waals surface area contributed by atoms with Crippen LogP contribution in [-0.4, -0.2) is 16.6 Å². The summed E-state index contributed by atoms with van der Waals surface area (Å²) in [5, 5.41) is 0.548. The number of aryl methyl sites for hydroxylation is 1. The predicted octanol–water partition coefficient (Wildman–Crippen LogP) is 5.24. The fourth-order valence-corrected chi connectivity index (χ4v) is 2.48. The zero-order valence-electron chi connectivity index (χ0n) is 14.1. The summed E-state index contributed by atoms with van der Waals surface area (Å²) in [6.45, 7) is 5.47. The second-order valence-electron chi connectivity index (χ2n) is 6.89. The summed E-state index contributed by atoms with van der Waals surface area (Å²) in [7, 11) is 0. The minimum Gasteiger partial charge on any atom is -0.460 e. The zero-order chi connectivity index (χ0) is 18.0. The van der Waals surface area contributed by atoms with Gasteiger partial charge in [-0.2, -0.15) is 13.2 Å². The van der Waals surface area contributed by atoms with E-state index in [1.54, 1.807) is 6.07 Å². The molecule has 0 aliphatic heterocycles. The van der Waals surface area contributed by atoms with Crippen molar-refractivity contribution in [3.8, 4) is 0 Å². The number of aromatic nitrogens is 1. The van der Waals surface area contributed by atoms with Gasteiger partial charge in [0, 0.05) is 23.0 Å². The van der Waals surface area contributed by atoms with Crippen LogP contribution in [0, 0.1) is 0 Å². The number of hydrogen-bond acceptors (Lipinski definition) is 2. The molecule has 0 atom stereocenters. The van der Waals surface area contributed by atoms with Crippen molar-refractivity contribution < 1.29 is 22.7 Å². The third kappa shape index (κ3) is 5.28. The van der Waals surface area contributed by atoms with Crippen LogP contribution in [-0.2, 0) is 22.1 Å². The number of carbonyl (C=O) groups excluding carboxylic acids is 1. The normalized spacial score (nSPS) is 12.6. The monoisotopic (exact) mass is 341 g/mol. The van der Waals surface area contributed by atoms with Crippen LogP contribution in [0.15, 0.2) is 24.3 Å². The van der Waals surface area contributed by atoms with Crippen LogP contribution in [0.2, 0.25) is 0 Å². The van der Waals surface area contributed by atoms with Gasteiger partial charge in [0.2, 0.25) is 0 Å². The minimum absolute atomic E-state index is 0.228. The Morgan fingerprint density at radius 3 is 2.46 bits per heavy atom. The van der Waals surface area contributed by atoms with E-state index >= 15 is 0 Å². The molecule has 0 saturated carbocycles. The number of nitrogens with one attached hydrogen (secondary N) is 1. The van der Waals surface area contributed by atoms with E-state index in [1.165, 1.54) is 6.07 Å². The van der Waals surface area contributed by atoms with Gasteiger partial charge in [0.05, 0.1) is 5.56 Å². The Hall–Kier alpha value is -1.98. The topological polar surface area (TPSA) is 42.1 Å². The van der Waals surface area contributed by atoms with E-state index in [9.17, 15) is 18.0 Å². The van der Waals surface area contributed by atoms with Crippen LogP contribution in [0.4, 0.5) is 13.2 Å². The van der Waals surface area contributed by atoms with Crippen molar-refractivity contribution in [2.75, 3.05) is 0 Å².